The molecule has 0 aliphatic heterocycles. The molecule has 3 nitrogen and oxygen atoms in total. The Hall–Kier alpha value is -0.420. The highest BCUT2D eigenvalue weighted by molar-refractivity contribution is 7.09. The van der Waals surface area contributed by atoms with Crippen molar-refractivity contribution >= 4 is 11.3 Å². The summed E-state index contributed by atoms with van der Waals surface area (Å²) in [7, 11) is 1.77. The van der Waals surface area contributed by atoms with Crippen LogP contribution in [0.1, 0.15) is 25.1 Å². The quantitative estimate of drug-likeness (QED) is 0.661. The summed E-state index contributed by atoms with van der Waals surface area (Å²) >= 11 is 1.81. The zero-order valence-electron chi connectivity index (χ0n) is 11.8. The van der Waals surface area contributed by atoms with Crippen LogP contribution in [0.15, 0.2) is 17.5 Å². The molecule has 0 amide bonds. The van der Waals surface area contributed by atoms with Gasteiger partial charge in [0.1, 0.15) is 0 Å². The van der Waals surface area contributed by atoms with Crippen LogP contribution in [0.3, 0.4) is 0 Å². The Bertz CT molecular complexity index is 290. The van der Waals surface area contributed by atoms with E-state index in [-0.39, 0.29) is 0 Å². The second-order valence-electron chi connectivity index (χ2n) is 4.54. The summed E-state index contributed by atoms with van der Waals surface area (Å²) in [4.78, 5) is 3.90. The monoisotopic (exact) mass is 270 g/mol. The molecular formula is C14H26N2OS. The Kier molecular flexibility index (Phi) is 8.25. The van der Waals surface area contributed by atoms with E-state index in [0.717, 1.165) is 32.8 Å². The van der Waals surface area contributed by atoms with Gasteiger partial charge in [-0.3, -0.25) is 4.90 Å². The maximum atomic E-state index is 5.17. The fourth-order valence-electron chi connectivity index (χ4n) is 1.87. The van der Waals surface area contributed by atoms with Crippen molar-refractivity contribution in [3.63, 3.8) is 0 Å². The first-order valence-electron chi connectivity index (χ1n) is 6.74. The molecule has 104 valence electrons. The van der Waals surface area contributed by atoms with E-state index in [4.69, 9.17) is 4.74 Å². The van der Waals surface area contributed by atoms with Gasteiger partial charge in [-0.1, -0.05) is 13.0 Å². The van der Waals surface area contributed by atoms with Gasteiger partial charge >= 0.3 is 0 Å². The van der Waals surface area contributed by atoms with Crippen LogP contribution in [0, 0.1) is 0 Å². The number of nitrogens with zero attached hydrogens (tertiary/aromatic N) is 1. The van der Waals surface area contributed by atoms with Gasteiger partial charge in [-0.25, -0.2) is 0 Å². The first-order chi connectivity index (χ1) is 8.77. The van der Waals surface area contributed by atoms with Crippen LogP contribution in [0.5, 0.6) is 0 Å². The number of hydrogen-bond acceptors (Lipinski definition) is 4. The predicted octanol–water partition coefficient (Wildman–Crippen LogP) is 2.58. The maximum absolute atomic E-state index is 5.17. The summed E-state index contributed by atoms with van der Waals surface area (Å²) in [5.41, 5.74) is 0. The molecule has 1 atom stereocenters. The fourth-order valence-corrected chi connectivity index (χ4v) is 2.54. The second-order valence-corrected chi connectivity index (χ2v) is 5.57. The molecule has 0 saturated heterocycles. The van der Waals surface area contributed by atoms with Gasteiger partial charge in [0, 0.05) is 44.2 Å². The Labute approximate surface area is 115 Å². The van der Waals surface area contributed by atoms with E-state index in [1.54, 1.807) is 7.11 Å². The third-order valence-electron chi connectivity index (χ3n) is 3.25. The highest BCUT2D eigenvalue weighted by atomic mass is 32.1. The van der Waals surface area contributed by atoms with Crippen LogP contribution in [-0.2, 0) is 11.3 Å². The van der Waals surface area contributed by atoms with Crippen molar-refractivity contribution < 1.29 is 4.74 Å². The first-order valence-corrected chi connectivity index (χ1v) is 7.62. The molecule has 1 aromatic heterocycles. The standard InChI is InChI=1S/C14H26N2OS/c1-4-13(2)16(9-10-17-3)8-7-15-12-14-6-5-11-18-14/h5-6,11,13,15H,4,7-10,12H2,1-3H3. The molecule has 0 aliphatic rings. The zero-order chi connectivity index (χ0) is 13.2. The molecule has 0 bridgehead atoms. The lowest BCUT2D eigenvalue weighted by atomic mass is 10.2. The Morgan fingerprint density at radius 1 is 1.44 bits per heavy atom. The first kappa shape index (κ1) is 15.6. The SMILES string of the molecule is CCC(C)N(CCNCc1cccs1)CCOC. The summed E-state index contributed by atoms with van der Waals surface area (Å²) in [6, 6.07) is 4.91. The number of thiophene rings is 1. The van der Waals surface area contributed by atoms with Gasteiger partial charge in [0.25, 0.3) is 0 Å². The van der Waals surface area contributed by atoms with Gasteiger partial charge in [0.05, 0.1) is 6.61 Å². The van der Waals surface area contributed by atoms with Gasteiger partial charge in [-0.15, -0.1) is 11.3 Å². The molecule has 0 spiro atoms. The molecule has 1 heterocycles. The molecule has 1 aromatic rings. The Morgan fingerprint density at radius 2 is 2.28 bits per heavy atom. The van der Waals surface area contributed by atoms with Gasteiger partial charge in [-0.05, 0) is 24.8 Å². The largest absolute Gasteiger partial charge is 0.383 e. The van der Waals surface area contributed by atoms with Gasteiger partial charge < -0.3 is 10.1 Å². The summed E-state index contributed by atoms with van der Waals surface area (Å²) in [6.45, 7) is 9.46. The number of hydrogen-bond donors (Lipinski definition) is 1. The predicted molar refractivity (Wildman–Crippen MR) is 79.2 cm³/mol. The van der Waals surface area contributed by atoms with Gasteiger partial charge in [0.2, 0.25) is 0 Å². The van der Waals surface area contributed by atoms with Crippen molar-refractivity contribution in [1.82, 2.24) is 10.2 Å². The number of ether oxygens (including phenoxy) is 1. The van der Waals surface area contributed by atoms with Gasteiger partial charge in [-0.2, -0.15) is 0 Å². The maximum Gasteiger partial charge on any atom is 0.0589 e. The molecule has 0 fully saturated rings. The number of methoxy groups -OCH3 is 1. The molecule has 18 heavy (non-hydrogen) atoms. The molecule has 1 N–H and O–H groups in total. The van der Waals surface area contributed by atoms with E-state index in [0.29, 0.717) is 6.04 Å². The number of rotatable bonds is 10. The summed E-state index contributed by atoms with van der Waals surface area (Å²) in [5.74, 6) is 0. The van der Waals surface area contributed by atoms with E-state index in [2.05, 4.69) is 41.6 Å². The topological polar surface area (TPSA) is 24.5 Å². The van der Waals surface area contributed by atoms with Crippen molar-refractivity contribution in [2.24, 2.45) is 0 Å². The summed E-state index contributed by atoms with van der Waals surface area (Å²) in [6.07, 6.45) is 1.19. The lowest BCUT2D eigenvalue weighted by Crippen LogP contribution is -2.39. The third-order valence-corrected chi connectivity index (χ3v) is 4.13. The highest BCUT2D eigenvalue weighted by Gasteiger charge is 2.10. The molecule has 1 unspecified atom stereocenters. The van der Waals surface area contributed by atoms with E-state index in [1.165, 1.54) is 11.3 Å². The molecule has 0 radical (unpaired) electrons. The van der Waals surface area contributed by atoms with E-state index < -0.39 is 0 Å². The smallest absolute Gasteiger partial charge is 0.0589 e. The van der Waals surface area contributed by atoms with Crippen molar-refractivity contribution in [3.8, 4) is 0 Å². The second kappa shape index (κ2) is 9.50. The Morgan fingerprint density at radius 3 is 2.89 bits per heavy atom. The number of nitrogens with one attached hydrogen (secondary N) is 1. The molecule has 0 saturated carbocycles. The lowest BCUT2D eigenvalue weighted by molar-refractivity contribution is 0.123. The summed E-state index contributed by atoms with van der Waals surface area (Å²) in [5, 5.41) is 5.63. The van der Waals surface area contributed by atoms with Crippen molar-refractivity contribution in [1.29, 1.82) is 0 Å². The summed E-state index contributed by atoms with van der Waals surface area (Å²) < 4.78 is 5.17. The van der Waals surface area contributed by atoms with Crippen LogP contribution < -0.4 is 5.32 Å². The minimum atomic E-state index is 0.628. The van der Waals surface area contributed by atoms with E-state index in [1.807, 2.05) is 11.3 Å². The lowest BCUT2D eigenvalue weighted by Gasteiger charge is -2.28. The van der Waals surface area contributed by atoms with E-state index >= 15 is 0 Å². The third kappa shape index (κ3) is 5.96. The van der Waals surface area contributed by atoms with Crippen LogP contribution in [0.25, 0.3) is 0 Å². The Balaban J connectivity index is 2.19. The zero-order valence-corrected chi connectivity index (χ0v) is 12.6. The van der Waals surface area contributed by atoms with Crippen molar-refractivity contribution in [3.05, 3.63) is 22.4 Å². The molecule has 0 aliphatic carbocycles. The molecule has 1 rings (SSSR count). The van der Waals surface area contributed by atoms with Crippen molar-refractivity contribution in [2.75, 3.05) is 33.4 Å². The van der Waals surface area contributed by atoms with Crippen molar-refractivity contribution in [2.45, 2.75) is 32.9 Å². The van der Waals surface area contributed by atoms with E-state index in [9.17, 15) is 0 Å². The van der Waals surface area contributed by atoms with Gasteiger partial charge in [0.15, 0.2) is 0 Å². The highest BCUT2D eigenvalue weighted by Crippen LogP contribution is 2.07. The fraction of sp³-hybridized carbons (Fsp3) is 0.714. The normalized spacial score (nSPS) is 13.1. The molecule has 0 aromatic carbocycles. The molecular weight excluding hydrogens is 244 g/mol. The van der Waals surface area contributed by atoms with Crippen LogP contribution in [0.2, 0.25) is 0 Å². The minimum Gasteiger partial charge on any atom is -0.383 e. The molecule has 4 heteroatoms. The van der Waals surface area contributed by atoms with Crippen LogP contribution in [-0.4, -0.2) is 44.3 Å². The average Bonchev–Trinajstić information content (AvgIpc) is 2.90. The van der Waals surface area contributed by atoms with Crippen LogP contribution >= 0.6 is 11.3 Å². The average molecular weight is 270 g/mol. The van der Waals surface area contributed by atoms with Crippen LogP contribution in [0.4, 0.5) is 0 Å². The minimum absolute atomic E-state index is 0.628.